The molecule has 0 spiro atoms. The highest BCUT2D eigenvalue weighted by molar-refractivity contribution is 6.54. The third kappa shape index (κ3) is 5.03. The molecule has 0 saturated carbocycles. The molecule has 0 amide bonds. The molecule has 0 radical (unpaired) electrons. The van der Waals surface area contributed by atoms with E-state index in [2.05, 4.69) is 15.2 Å². The average molecular weight is 460 g/mol. The van der Waals surface area contributed by atoms with Crippen LogP contribution in [0.25, 0.3) is 0 Å². The van der Waals surface area contributed by atoms with Gasteiger partial charge in [0.25, 0.3) is 0 Å². The van der Waals surface area contributed by atoms with Crippen molar-refractivity contribution in [2.45, 2.75) is 40.0 Å². The zero-order valence-electron chi connectivity index (χ0n) is 20.0. The molecule has 1 aliphatic rings. The summed E-state index contributed by atoms with van der Waals surface area (Å²) in [5.74, 6) is 2.11. The second-order valence-corrected chi connectivity index (χ2v) is 8.12. The Bertz CT molecular complexity index is 1200. The van der Waals surface area contributed by atoms with Crippen LogP contribution in [-0.2, 0) is 9.53 Å². The predicted molar refractivity (Wildman–Crippen MR) is 132 cm³/mol. The minimum absolute atomic E-state index is 0.185. The van der Waals surface area contributed by atoms with Crippen molar-refractivity contribution in [1.29, 1.82) is 0 Å². The van der Waals surface area contributed by atoms with Gasteiger partial charge in [0.05, 0.1) is 24.9 Å². The number of benzene rings is 1. The van der Waals surface area contributed by atoms with Gasteiger partial charge in [0.2, 0.25) is 5.82 Å². The molecule has 176 valence electrons. The first kappa shape index (κ1) is 23.3. The smallest absolute Gasteiger partial charge is 0.307 e. The molecule has 3 aromatic rings. The molecule has 0 N–H and O–H groups in total. The molecule has 0 unspecified atom stereocenters. The largest absolute Gasteiger partial charge is 0.466 e. The van der Waals surface area contributed by atoms with Gasteiger partial charge in [-0.3, -0.25) is 4.79 Å². The summed E-state index contributed by atoms with van der Waals surface area (Å²) in [5.41, 5.74) is 3.01. The molecular weight excluding hydrogens is 430 g/mol. The van der Waals surface area contributed by atoms with Gasteiger partial charge in [-0.2, -0.15) is 0 Å². The maximum atomic E-state index is 11.7. The molecule has 0 fully saturated rings. The molecule has 0 atom stereocenters. The SMILES string of the molecule is CCOC(=O)CCN(CC)c1ccc(N=C2C(c3ccccc3)=Nn3nc(C(C)C)nc32)cn1. The van der Waals surface area contributed by atoms with Crippen molar-refractivity contribution in [3.8, 4) is 0 Å². The number of hydrogen-bond acceptors (Lipinski definition) is 8. The van der Waals surface area contributed by atoms with Crippen LogP contribution in [0.3, 0.4) is 0 Å². The molecule has 3 heterocycles. The fraction of sp³-hybridized carbons (Fsp3) is 0.360. The van der Waals surface area contributed by atoms with Crippen molar-refractivity contribution in [2.75, 3.05) is 24.6 Å². The van der Waals surface area contributed by atoms with E-state index in [0.717, 1.165) is 29.5 Å². The lowest BCUT2D eigenvalue weighted by atomic mass is 10.1. The van der Waals surface area contributed by atoms with Gasteiger partial charge in [-0.15, -0.1) is 15.0 Å². The number of carbonyl (C=O) groups excluding carboxylic acids is 1. The molecule has 4 rings (SSSR count). The summed E-state index contributed by atoms with van der Waals surface area (Å²) in [6, 6.07) is 13.7. The van der Waals surface area contributed by atoms with Gasteiger partial charge in [0.1, 0.15) is 17.2 Å². The quantitative estimate of drug-likeness (QED) is 0.449. The number of aliphatic imine (C=N–C) groups is 1. The van der Waals surface area contributed by atoms with Gasteiger partial charge in [0, 0.05) is 24.6 Å². The molecule has 9 nitrogen and oxygen atoms in total. The fourth-order valence-corrected chi connectivity index (χ4v) is 3.58. The number of rotatable bonds is 9. The Balaban J connectivity index is 1.61. The lowest BCUT2D eigenvalue weighted by Crippen LogP contribution is -2.27. The second kappa shape index (κ2) is 10.4. The Morgan fingerprint density at radius 2 is 1.94 bits per heavy atom. The van der Waals surface area contributed by atoms with E-state index < -0.39 is 0 Å². The van der Waals surface area contributed by atoms with Crippen molar-refractivity contribution in [3.05, 3.63) is 65.9 Å². The molecule has 0 saturated heterocycles. The summed E-state index contributed by atoms with van der Waals surface area (Å²) in [4.78, 5) is 29.5. The minimum atomic E-state index is -0.206. The Hall–Kier alpha value is -3.88. The van der Waals surface area contributed by atoms with E-state index in [0.29, 0.717) is 36.8 Å². The van der Waals surface area contributed by atoms with Gasteiger partial charge in [-0.1, -0.05) is 44.2 Å². The van der Waals surface area contributed by atoms with Crippen LogP contribution in [-0.4, -0.2) is 56.9 Å². The molecule has 2 aromatic heterocycles. The lowest BCUT2D eigenvalue weighted by Gasteiger charge is -2.21. The van der Waals surface area contributed by atoms with Crippen molar-refractivity contribution in [2.24, 2.45) is 10.1 Å². The third-order valence-electron chi connectivity index (χ3n) is 5.37. The van der Waals surface area contributed by atoms with Gasteiger partial charge in [-0.05, 0) is 26.0 Å². The van der Waals surface area contributed by atoms with E-state index in [9.17, 15) is 4.79 Å². The minimum Gasteiger partial charge on any atom is -0.466 e. The maximum Gasteiger partial charge on any atom is 0.307 e. The number of carbonyl (C=O) groups is 1. The van der Waals surface area contributed by atoms with E-state index in [1.54, 1.807) is 11.0 Å². The van der Waals surface area contributed by atoms with E-state index in [-0.39, 0.29) is 11.9 Å². The monoisotopic (exact) mass is 459 g/mol. The van der Waals surface area contributed by atoms with E-state index in [1.807, 2.05) is 75.1 Å². The highest BCUT2D eigenvalue weighted by atomic mass is 16.5. The number of ether oxygens (including phenoxy) is 1. The number of hydrogen-bond donors (Lipinski definition) is 0. The Morgan fingerprint density at radius 1 is 1.15 bits per heavy atom. The molecule has 1 aliphatic heterocycles. The van der Waals surface area contributed by atoms with Crippen molar-refractivity contribution < 1.29 is 9.53 Å². The number of fused-ring (bicyclic) bond motifs is 1. The summed E-state index contributed by atoms with van der Waals surface area (Å²) in [5, 5.41) is 9.21. The normalized spacial score (nSPS) is 13.8. The molecule has 0 bridgehead atoms. The zero-order chi connectivity index (χ0) is 24.1. The van der Waals surface area contributed by atoms with Crippen LogP contribution in [0.2, 0.25) is 0 Å². The van der Waals surface area contributed by atoms with Gasteiger partial charge in [-0.25, -0.2) is 15.0 Å². The number of pyridine rings is 1. The van der Waals surface area contributed by atoms with Gasteiger partial charge >= 0.3 is 5.97 Å². The van der Waals surface area contributed by atoms with Crippen molar-refractivity contribution >= 4 is 28.9 Å². The first-order valence-electron chi connectivity index (χ1n) is 11.6. The highest BCUT2D eigenvalue weighted by Gasteiger charge is 2.29. The predicted octanol–water partition coefficient (Wildman–Crippen LogP) is 3.96. The standard InChI is InChI=1S/C25H29N7O2/c1-5-31(15-14-21(33)34-6-2)20-13-12-19(16-26-20)27-23-22(18-10-8-7-9-11-18)29-32-25(23)28-24(30-32)17(3)4/h7-13,16-17H,5-6,14-15H2,1-4H3. The summed E-state index contributed by atoms with van der Waals surface area (Å²) in [6.45, 7) is 9.59. The Kier molecular flexibility index (Phi) is 7.10. The van der Waals surface area contributed by atoms with E-state index >= 15 is 0 Å². The Morgan fingerprint density at radius 3 is 2.59 bits per heavy atom. The van der Waals surface area contributed by atoms with Crippen LogP contribution >= 0.6 is 0 Å². The third-order valence-corrected chi connectivity index (χ3v) is 5.37. The first-order valence-corrected chi connectivity index (χ1v) is 11.6. The van der Waals surface area contributed by atoms with E-state index in [1.165, 1.54) is 0 Å². The first-order chi connectivity index (χ1) is 16.5. The van der Waals surface area contributed by atoms with Crippen LogP contribution in [0, 0.1) is 0 Å². The van der Waals surface area contributed by atoms with Gasteiger partial charge in [0.15, 0.2) is 5.82 Å². The highest BCUT2D eigenvalue weighted by Crippen LogP contribution is 2.23. The zero-order valence-corrected chi connectivity index (χ0v) is 20.0. The maximum absolute atomic E-state index is 11.7. The summed E-state index contributed by atoms with van der Waals surface area (Å²) in [7, 11) is 0. The average Bonchev–Trinajstić information content (AvgIpc) is 3.41. The van der Waals surface area contributed by atoms with Crippen molar-refractivity contribution in [3.63, 3.8) is 0 Å². The molecule has 1 aromatic carbocycles. The number of nitrogens with zero attached hydrogens (tertiary/aromatic N) is 7. The lowest BCUT2D eigenvalue weighted by molar-refractivity contribution is -0.142. The van der Waals surface area contributed by atoms with Crippen LogP contribution in [0.4, 0.5) is 11.5 Å². The second-order valence-electron chi connectivity index (χ2n) is 8.12. The molecule has 9 heteroatoms. The topological polar surface area (TPSA) is 97.9 Å². The number of aromatic nitrogens is 4. The molecular formula is C25H29N7O2. The van der Waals surface area contributed by atoms with Crippen molar-refractivity contribution in [1.82, 2.24) is 19.9 Å². The van der Waals surface area contributed by atoms with Crippen LogP contribution < -0.4 is 4.90 Å². The fourth-order valence-electron chi connectivity index (χ4n) is 3.58. The van der Waals surface area contributed by atoms with Crippen LogP contribution in [0.1, 0.15) is 57.2 Å². The number of anilines is 1. The molecule has 34 heavy (non-hydrogen) atoms. The van der Waals surface area contributed by atoms with Crippen LogP contribution in [0.5, 0.6) is 0 Å². The molecule has 0 aliphatic carbocycles. The van der Waals surface area contributed by atoms with E-state index in [4.69, 9.17) is 14.7 Å². The van der Waals surface area contributed by atoms with Crippen LogP contribution in [0.15, 0.2) is 58.8 Å². The summed E-state index contributed by atoms with van der Waals surface area (Å²) < 4.78 is 5.03. The van der Waals surface area contributed by atoms with Gasteiger partial charge < -0.3 is 9.64 Å². The Labute approximate surface area is 199 Å². The number of esters is 1. The summed E-state index contributed by atoms with van der Waals surface area (Å²) in [6.07, 6.45) is 2.04. The summed E-state index contributed by atoms with van der Waals surface area (Å²) >= 11 is 0.